The molecule has 1 N–H and O–H groups in total. The fraction of sp³-hybridized carbons (Fsp3) is 0.0714. The lowest BCUT2D eigenvalue weighted by Gasteiger charge is -2.10. The second-order valence-corrected chi connectivity index (χ2v) is 4.88. The van der Waals surface area contributed by atoms with Gasteiger partial charge in [0.1, 0.15) is 17.1 Å². The maximum atomic E-state index is 11.1. The number of carboxylic acids is 1. The molecule has 5 heteroatoms. The van der Waals surface area contributed by atoms with Crippen LogP contribution in [0.25, 0.3) is 0 Å². The Morgan fingerprint density at radius 2 is 1.74 bits per heavy atom. The Labute approximate surface area is 120 Å². The number of halogens is 2. The zero-order valence-corrected chi connectivity index (χ0v) is 11.5. The number of hydrogen-bond acceptors (Lipinski definition) is 2. The van der Waals surface area contributed by atoms with Gasteiger partial charge in [0.25, 0.3) is 0 Å². The summed E-state index contributed by atoms with van der Waals surface area (Å²) in [5.41, 5.74) is 0.981. The lowest BCUT2D eigenvalue weighted by atomic mass is 10.1. The van der Waals surface area contributed by atoms with E-state index >= 15 is 0 Å². The van der Waals surface area contributed by atoms with Gasteiger partial charge >= 0.3 is 5.97 Å². The van der Waals surface area contributed by atoms with Crippen LogP contribution in [-0.2, 0) is 0 Å². The van der Waals surface area contributed by atoms with Crippen LogP contribution in [0.4, 0.5) is 0 Å². The van der Waals surface area contributed by atoms with Gasteiger partial charge in [-0.05, 0) is 42.8 Å². The monoisotopic (exact) mass is 296 g/mol. The SMILES string of the molecule is Cc1ccc(C(=O)O)c(Oc2cc(Cl)cc(Cl)c2)c1. The van der Waals surface area contributed by atoms with Gasteiger partial charge < -0.3 is 9.84 Å². The molecule has 0 aromatic heterocycles. The van der Waals surface area contributed by atoms with Crippen molar-refractivity contribution in [3.63, 3.8) is 0 Å². The topological polar surface area (TPSA) is 46.5 Å². The normalized spacial score (nSPS) is 10.3. The van der Waals surface area contributed by atoms with E-state index in [9.17, 15) is 4.79 Å². The predicted molar refractivity (Wildman–Crippen MR) is 74.7 cm³/mol. The summed E-state index contributed by atoms with van der Waals surface area (Å²) < 4.78 is 5.56. The molecule has 0 radical (unpaired) electrons. The first-order valence-electron chi connectivity index (χ1n) is 5.43. The molecule has 0 aliphatic carbocycles. The number of ether oxygens (including phenoxy) is 1. The highest BCUT2D eigenvalue weighted by Crippen LogP contribution is 2.30. The van der Waals surface area contributed by atoms with Crippen LogP contribution in [0.3, 0.4) is 0 Å². The molecule has 0 saturated heterocycles. The lowest BCUT2D eigenvalue weighted by Crippen LogP contribution is -2.00. The molecule has 0 aliphatic rings. The molecule has 0 fully saturated rings. The number of aromatic carboxylic acids is 1. The van der Waals surface area contributed by atoms with Crippen molar-refractivity contribution in [3.8, 4) is 11.5 Å². The van der Waals surface area contributed by atoms with Gasteiger partial charge in [0.15, 0.2) is 0 Å². The molecule has 0 atom stereocenters. The first kappa shape index (κ1) is 13.7. The molecular formula is C14H10Cl2O3. The highest BCUT2D eigenvalue weighted by molar-refractivity contribution is 6.34. The standard InChI is InChI=1S/C14H10Cl2O3/c1-8-2-3-12(14(17)18)13(4-8)19-11-6-9(15)5-10(16)7-11/h2-7H,1H3,(H,17,18). The number of hydrogen-bond donors (Lipinski definition) is 1. The molecule has 2 aromatic carbocycles. The quantitative estimate of drug-likeness (QED) is 0.885. The minimum Gasteiger partial charge on any atom is -0.478 e. The maximum Gasteiger partial charge on any atom is 0.339 e. The molecule has 0 amide bonds. The Morgan fingerprint density at radius 3 is 2.32 bits per heavy atom. The minimum absolute atomic E-state index is 0.0849. The fourth-order valence-electron chi connectivity index (χ4n) is 1.61. The highest BCUT2D eigenvalue weighted by atomic mass is 35.5. The Kier molecular flexibility index (Phi) is 3.98. The number of carbonyl (C=O) groups is 1. The third-order valence-corrected chi connectivity index (χ3v) is 2.87. The summed E-state index contributed by atoms with van der Waals surface area (Å²) in [7, 11) is 0. The number of aryl methyl sites for hydroxylation is 1. The van der Waals surface area contributed by atoms with E-state index in [4.69, 9.17) is 33.0 Å². The van der Waals surface area contributed by atoms with Crippen LogP contribution in [-0.4, -0.2) is 11.1 Å². The van der Waals surface area contributed by atoms with Crippen LogP contribution in [0.15, 0.2) is 36.4 Å². The van der Waals surface area contributed by atoms with E-state index in [1.165, 1.54) is 6.07 Å². The number of rotatable bonds is 3. The van der Waals surface area contributed by atoms with E-state index in [0.29, 0.717) is 15.8 Å². The average Bonchev–Trinajstić information content (AvgIpc) is 2.26. The van der Waals surface area contributed by atoms with Crippen LogP contribution in [0, 0.1) is 6.92 Å². The van der Waals surface area contributed by atoms with Crippen molar-refractivity contribution >= 4 is 29.2 Å². The van der Waals surface area contributed by atoms with Crippen molar-refractivity contribution in [2.75, 3.05) is 0 Å². The van der Waals surface area contributed by atoms with Gasteiger partial charge in [0.05, 0.1) is 0 Å². The van der Waals surface area contributed by atoms with Gasteiger partial charge in [-0.25, -0.2) is 4.79 Å². The predicted octanol–water partition coefficient (Wildman–Crippen LogP) is 4.79. The van der Waals surface area contributed by atoms with E-state index in [1.54, 1.807) is 30.3 Å². The van der Waals surface area contributed by atoms with Crippen molar-refractivity contribution in [2.24, 2.45) is 0 Å². The fourth-order valence-corrected chi connectivity index (χ4v) is 2.11. The molecule has 98 valence electrons. The van der Waals surface area contributed by atoms with Gasteiger partial charge in [-0.15, -0.1) is 0 Å². The summed E-state index contributed by atoms with van der Waals surface area (Å²) in [5.74, 6) is -0.403. The molecule has 0 heterocycles. The molecule has 2 aromatic rings. The molecule has 0 spiro atoms. The Bertz CT molecular complexity index is 618. The average molecular weight is 297 g/mol. The van der Waals surface area contributed by atoms with Crippen molar-refractivity contribution < 1.29 is 14.6 Å². The van der Waals surface area contributed by atoms with E-state index < -0.39 is 5.97 Å². The molecule has 19 heavy (non-hydrogen) atoms. The molecule has 0 aliphatic heterocycles. The van der Waals surface area contributed by atoms with Gasteiger partial charge in [0, 0.05) is 10.0 Å². The van der Waals surface area contributed by atoms with Crippen LogP contribution < -0.4 is 4.74 Å². The van der Waals surface area contributed by atoms with E-state index in [0.717, 1.165) is 5.56 Å². The summed E-state index contributed by atoms with van der Waals surface area (Å²) in [4.78, 5) is 11.1. The molecule has 2 rings (SSSR count). The van der Waals surface area contributed by atoms with Crippen LogP contribution >= 0.6 is 23.2 Å². The van der Waals surface area contributed by atoms with Gasteiger partial charge in [-0.2, -0.15) is 0 Å². The summed E-state index contributed by atoms with van der Waals surface area (Å²) in [6, 6.07) is 9.58. The van der Waals surface area contributed by atoms with Crippen molar-refractivity contribution in [1.29, 1.82) is 0 Å². The summed E-state index contributed by atoms with van der Waals surface area (Å²) in [5, 5.41) is 9.96. The molecular weight excluding hydrogens is 287 g/mol. The molecule has 0 saturated carbocycles. The molecule has 0 unspecified atom stereocenters. The number of carboxylic acid groups (broad SMARTS) is 1. The van der Waals surface area contributed by atoms with E-state index in [1.807, 2.05) is 6.92 Å². The smallest absolute Gasteiger partial charge is 0.339 e. The van der Waals surface area contributed by atoms with Crippen LogP contribution in [0.1, 0.15) is 15.9 Å². The van der Waals surface area contributed by atoms with Gasteiger partial charge in [0.2, 0.25) is 0 Å². The zero-order valence-electron chi connectivity index (χ0n) is 9.98. The number of benzene rings is 2. The Balaban J connectivity index is 2.42. The molecule has 3 nitrogen and oxygen atoms in total. The van der Waals surface area contributed by atoms with Gasteiger partial charge in [-0.1, -0.05) is 29.3 Å². The van der Waals surface area contributed by atoms with E-state index in [-0.39, 0.29) is 11.3 Å². The van der Waals surface area contributed by atoms with E-state index in [2.05, 4.69) is 0 Å². The third kappa shape index (κ3) is 3.40. The minimum atomic E-state index is -1.05. The van der Waals surface area contributed by atoms with Crippen LogP contribution in [0.2, 0.25) is 10.0 Å². The zero-order chi connectivity index (χ0) is 14.0. The highest BCUT2D eigenvalue weighted by Gasteiger charge is 2.12. The van der Waals surface area contributed by atoms with Crippen LogP contribution in [0.5, 0.6) is 11.5 Å². The second-order valence-electron chi connectivity index (χ2n) is 4.01. The van der Waals surface area contributed by atoms with Gasteiger partial charge in [-0.3, -0.25) is 0 Å². The summed E-state index contributed by atoms with van der Waals surface area (Å²) in [6.07, 6.45) is 0. The Morgan fingerprint density at radius 1 is 1.11 bits per heavy atom. The third-order valence-electron chi connectivity index (χ3n) is 2.43. The lowest BCUT2D eigenvalue weighted by molar-refractivity contribution is 0.0694. The summed E-state index contributed by atoms with van der Waals surface area (Å²) >= 11 is 11.7. The van der Waals surface area contributed by atoms with Crippen molar-refractivity contribution in [1.82, 2.24) is 0 Å². The van der Waals surface area contributed by atoms with Crippen molar-refractivity contribution in [2.45, 2.75) is 6.92 Å². The van der Waals surface area contributed by atoms with Crippen molar-refractivity contribution in [3.05, 3.63) is 57.6 Å². The Hall–Kier alpha value is -1.71. The maximum absolute atomic E-state index is 11.1. The second kappa shape index (κ2) is 5.51. The molecule has 0 bridgehead atoms. The first-order valence-corrected chi connectivity index (χ1v) is 6.19. The first-order chi connectivity index (χ1) is 8.95. The largest absolute Gasteiger partial charge is 0.478 e. The summed E-state index contributed by atoms with van der Waals surface area (Å²) in [6.45, 7) is 1.85.